The van der Waals surface area contributed by atoms with Crippen LogP contribution in [0.5, 0.6) is 0 Å². The van der Waals surface area contributed by atoms with Gasteiger partial charge < -0.3 is 5.32 Å². The standard InChI is InChI=1S/C13H19NS/c1-3-12-9-15-13(14-12)10(2)11-7-5-4-6-8-11/h4-8,10,12-14H,3,9H2,1-2H3. The van der Waals surface area contributed by atoms with Crippen molar-refractivity contribution in [3.8, 4) is 0 Å². The quantitative estimate of drug-likeness (QED) is 0.841. The Morgan fingerprint density at radius 2 is 2.13 bits per heavy atom. The number of nitrogens with one attached hydrogen (secondary N) is 1. The van der Waals surface area contributed by atoms with Crippen molar-refractivity contribution in [1.29, 1.82) is 0 Å². The van der Waals surface area contributed by atoms with Crippen molar-refractivity contribution in [3.05, 3.63) is 35.9 Å². The summed E-state index contributed by atoms with van der Waals surface area (Å²) in [5.74, 6) is 1.87. The molecule has 0 spiro atoms. The molecule has 1 aromatic rings. The van der Waals surface area contributed by atoms with Gasteiger partial charge in [0.05, 0.1) is 5.37 Å². The number of benzene rings is 1. The van der Waals surface area contributed by atoms with Crippen molar-refractivity contribution in [3.63, 3.8) is 0 Å². The molecule has 15 heavy (non-hydrogen) atoms. The minimum atomic E-state index is 0.595. The van der Waals surface area contributed by atoms with Crippen LogP contribution in [0.4, 0.5) is 0 Å². The molecule has 0 bridgehead atoms. The summed E-state index contributed by atoms with van der Waals surface area (Å²) in [6.07, 6.45) is 1.24. The van der Waals surface area contributed by atoms with E-state index in [2.05, 4.69) is 61.3 Å². The molecule has 82 valence electrons. The molecule has 1 nitrogen and oxygen atoms in total. The van der Waals surface area contributed by atoms with Gasteiger partial charge in [-0.2, -0.15) is 0 Å². The summed E-state index contributed by atoms with van der Waals surface area (Å²) in [6.45, 7) is 4.58. The average molecular weight is 221 g/mol. The molecule has 2 heteroatoms. The van der Waals surface area contributed by atoms with Gasteiger partial charge in [0.2, 0.25) is 0 Å². The summed E-state index contributed by atoms with van der Waals surface area (Å²) in [6, 6.07) is 11.5. The van der Waals surface area contributed by atoms with Gasteiger partial charge in [-0.05, 0) is 12.0 Å². The molecule has 3 unspecified atom stereocenters. The van der Waals surface area contributed by atoms with Crippen LogP contribution < -0.4 is 5.32 Å². The van der Waals surface area contributed by atoms with Gasteiger partial charge in [0.15, 0.2) is 0 Å². The van der Waals surface area contributed by atoms with E-state index in [1.807, 2.05) is 0 Å². The minimum Gasteiger partial charge on any atom is -0.301 e. The monoisotopic (exact) mass is 221 g/mol. The van der Waals surface area contributed by atoms with Crippen LogP contribution in [-0.4, -0.2) is 17.2 Å². The SMILES string of the molecule is CCC1CSC(C(C)c2ccccc2)N1. The summed E-state index contributed by atoms with van der Waals surface area (Å²) in [4.78, 5) is 0. The highest BCUT2D eigenvalue weighted by Gasteiger charge is 2.27. The lowest BCUT2D eigenvalue weighted by Crippen LogP contribution is -2.32. The number of hydrogen-bond acceptors (Lipinski definition) is 2. The Morgan fingerprint density at radius 1 is 1.40 bits per heavy atom. The van der Waals surface area contributed by atoms with Crippen LogP contribution in [0.3, 0.4) is 0 Å². The first-order chi connectivity index (χ1) is 7.31. The lowest BCUT2D eigenvalue weighted by molar-refractivity contribution is 0.513. The third-order valence-electron chi connectivity index (χ3n) is 3.15. The van der Waals surface area contributed by atoms with Gasteiger partial charge in [0.1, 0.15) is 0 Å². The molecule has 1 aliphatic heterocycles. The molecular weight excluding hydrogens is 202 g/mol. The second kappa shape index (κ2) is 5.04. The molecule has 0 radical (unpaired) electrons. The molecule has 0 saturated carbocycles. The molecule has 2 rings (SSSR count). The van der Waals surface area contributed by atoms with Crippen LogP contribution >= 0.6 is 11.8 Å². The Labute approximate surface area is 96.7 Å². The Balaban J connectivity index is 2.00. The highest BCUT2D eigenvalue weighted by molar-refractivity contribution is 8.00. The number of rotatable bonds is 3. The van der Waals surface area contributed by atoms with Crippen molar-refractivity contribution >= 4 is 11.8 Å². The predicted molar refractivity (Wildman–Crippen MR) is 68.3 cm³/mol. The number of hydrogen-bond donors (Lipinski definition) is 1. The van der Waals surface area contributed by atoms with Crippen molar-refractivity contribution < 1.29 is 0 Å². The van der Waals surface area contributed by atoms with Gasteiger partial charge in [0, 0.05) is 17.7 Å². The largest absolute Gasteiger partial charge is 0.301 e. The van der Waals surface area contributed by atoms with E-state index in [1.165, 1.54) is 17.7 Å². The molecule has 1 aliphatic rings. The zero-order valence-electron chi connectivity index (χ0n) is 9.44. The second-order valence-electron chi connectivity index (χ2n) is 4.23. The van der Waals surface area contributed by atoms with Gasteiger partial charge in [-0.1, -0.05) is 44.2 Å². The third kappa shape index (κ3) is 2.56. The fourth-order valence-electron chi connectivity index (χ4n) is 2.00. The van der Waals surface area contributed by atoms with E-state index < -0.39 is 0 Å². The fraction of sp³-hybridized carbons (Fsp3) is 0.538. The van der Waals surface area contributed by atoms with E-state index >= 15 is 0 Å². The average Bonchev–Trinajstić information content (AvgIpc) is 2.78. The molecule has 0 amide bonds. The van der Waals surface area contributed by atoms with Gasteiger partial charge >= 0.3 is 0 Å². The van der Waals surface area contributed by atoms with E-state index in [-0.39, 0.29) is 0 Å². The Morgan fingerprint density at radius 3 is 2.73 bits per heavy atom. The molecule has 1 saturated heterocycles. The normalized spacial score (nSPS) is 27.9. The van der Waals surface area contributed by atoms with E-state index in [1.54, 1.807) is 0 Å². The topological polar surface area (TPSA) is 12.0 Å². The first-order valence-electron chi connectivity index (χ1n) is 5.74. The van der Waals surface area contributed by atoms with E-state index in [9.17, 15) is 0 Å². The van der Waals surface area contributed by atoms with Crippen molar-refractivity contribution in [2.45, 2.75) is 37.6 Å². The van der Waals surface area contributed by atoms with E-state index in [0.717, 1.165) is 0 Å². The van der Waals surface area contributed by atoms with Gasteiger partial charge in [-0.15, -0.1) is 11.8 Å². The van der Waals surface area contributed by atoms with Crippen LogP contribution in [0.15, 0.2) is 30.3 Å². The van der Waals surface area contributed by atoms with Crippen molar-refractivity contribution in [2.24, 2.45) is 0 Å². The summed E-state index contributed by atoms with van der Waals surface area (Å²) in [7, 11) is 0. The molecule has 1 fully saturated rings. The Hall–Kier alpha value is -0.470. The van der Waals surface area contributed by atoms with Gasteiger partial charge in [0.25, 0.3) is 0 Å². The van der Waals surface area contributed by atoms with Gasteiger partial charge in [-0.3, -0.25) is 0 Å². The molecule has 3 atom stereocenters. The lowest BCUT2D eigenvalue weighted by Gasteiger charge is -2.20. The summed E-state index contributed by atoms with van der Waals surface area (Å²) in [5.41, 5.74) is 1.44. The number of thioether (sulfide) groups is 1. The predicted octanol–water partition coefficient (Wildman–Crippen LogP) is 3.23. The van der Waals surface area contributed by atoms with Crippen LogP contribution in [0.1, 0.15) is 31.7 Å². The highest BCUT2D eigenvalue weighted by atomic mass is 32.2. The Kier molecular flexibility index (Phi) is 3.71. The van der Waals surface area contributed by atoms with Crippen molar-refractivity contribution in [2.75, 3.05) is 5.75 Å². The van der Waals surface area contributed by atoms with Crippen molar-refractivity contribution in [1.82, 2.24) is 5.32 Å². The van der Waals surface area contributed by atoms with Crippen LogP contribution in [0, 0.1) is 0 Å². The fourth-order valence-corrected chi connectivity index (χ4v) is 3.51. The van der Waals surface area contributed by atoms with Crippen LogP contribution in [0.25, 0.3) is 0 Å². The molecule has 0 aromatic heterocycles. The van der Waals surface area contributed by atoms with E-state index in [0.29, 0.717) is 17.3 Å². The molecular formula is C13H19NS. The second-order valence-corrected chi connectivity index (χ2v) is 5.40. The maximum Gasteiger partial charge on any atom is 0.0601 e. The molecule has 1 heterocycles. The maximum atomic E-state index is 3.70. The summed E-state index contributed by atoms with van der Waals surface area (Å²) < 4.78 is 0. The minimum absolute atomic E-state index is 0.595. The lowest BCUT2D eigenvalue weighted by atomic mass is 10.0. The third-order valence-corrected chi connectivity index (χ3v) is 4.65. The molecule has 0 aliphatic carbocycles. The first-order valence-corrected chi connectivity index (χ1v) is 6.78. The smallest absolute Gasteiger partial charge is 0.0601 e. The summed E-state index contributed by atoms with van der Waals surface area (Å²) >= 11 is 2.07. The zero-order chi connectivity index (χ0) is 10.7. The molecule has 1 N–H and O–H groups in total. The van der Waals surface area contributed by atoms with Crippen LogP contribution in [-0.2, 0) is 0 Å². The van der Waals surface area contributed by atoms with Gasteiger partial charge in [-0.25, -0.2) is 0 Å². The summed E-state index contributed by atoms with van der Waals surface area (Å²) in [5, 5.41) is 4.30. The first kappa shape index (κ1) is 11.0. The van der Waals surface area contributed by atoms with Crippen LogP contribution in [0.2, 0.25) is 0 Å². The molecule has 1 aromatic carbocycles. The maximum absolute atomic E-state index is 3.70. The Bertz CT molecular complexity index is 299. The van der Waals surface area contributed by atoms with E-state index in [4.69, 9.17) is 0 Å². The zero-order valence-corrected chi connectivity index (χ0v) is 10.3. The highest BCUT2D eigenvalue weighted by Crippen LogP contribution is 2.31.